The molecule has 2 aromatic heterocycles. The third kappa shape index (κ3) is 6.37. The number of nitrogens with zero attached hydrogens (tertiary/aromatic N) is 4. The Kier molecular flexibility index (Phi) is 8.34. The molecule has 0 spiro atoms. The average Bonchev–Trinajstić information content (AvgIpc) is 3.18. The van der Waals surface area contributed by atoms with Crippen LogP contribution in [0.2, 0.25) is 0 Å². The lowest BCUT2D eigenvalue weighted by atomic mass is 10.1. The molecule has 12 heteroatoms. The van der Waals surface area contributed by atoms with E-state index in [1.807, 2.05) is 41.3 Å². The molecule has 0 aliphatic carbocycles. The van der Waals surface area contributed by atoms with E-state index in [-0.39, 0.29) is 11.9 Å². The van der Waals surface area contributed by atoms with Crippen molar-refractivity contribution < 1.29 is 32.6 Å². The summed E-state index contributed by atoms with van der Waals surface area (Å²) >= 11 is 1.48. The second-order valence-electron chi connectivity index (χ2n) is 6.61. The number of carboxylic acids is 1. The van der Waals surface area contributed by atoms with Crippen LogP contribution in [0, 0.1) is 6.92 Å². The van der Waals surface area contributed by atoms with Gasteiger partial charge in [-0.2, -0.15) is 13.2 Å². The number of aryl methyl sites for hydroxylation is 1. The molecule has 2 aromatic rings. The lowest BCUT2D eigenvalue weighted by Crippen LogP contribution is -2.44. The molecule has 0 saturated carbocycles. The Morgan fingerprint density at radius 1 is 1.39 bits per heavy atom. The van der Waals surface area contributed by atoms with Gasteiger partial charge in [0.15, 0.2) is 5.82 Å². The number of thiophene rings is 1. The molecule has 3 heterocycles. The number of carbonyl (C=O) groups excluding carboxylic acids is 1. The van der Waals surface area contributed by atoms with Gasteiger partial charge in [-0.05, 0) is 36.9 Å². The molecule has 1 saturated heterocycles. The fourth-order valence-corrected chi connectivity index (χ4v) is 3.56. The Morgan fingerprint density at radius 2 is 2.06 bits per heavy atom. The van der Waals surface area contributed by atoms with E-state index in [1.54, 1.807) is 6.20 Å². The summed E-state index contributed by atoms with van der Waals surface area (Å²) in [6.45, 7) is 6.41. The van der Waals surface area contributed by atoms with Crippen molar-refractivity contribution in [1.29, 1.82) is 0 Å². The first-order valence-electron chi connectivity index (χ1n) is 9.33. The molecular weight excluding hydrogens is 437 g/mol. The second kappa shape index (κ2) is 10.5. The number of amides is 1. The highest BCUT2D eigenvalue weighted by atomic mass is 32.1. The Labute approximate surface area is 181 Å². The predicted molar refractivity (Wildman–Crippen MR) is 108 cm³/mol. The summed E-state index contributed by atoms with van der Waals surface area (Å²) in [5.41, 5.74) is 1.01. The first-order valence-corrected chi connectivity index (χ1v) is 10.2. The molecule has 0 radical (unpaired) electrons. The number of halogens is 3. The average molecular weight is 460 g/mol. The molecule has 8 nitrogen and oxygen atoms in total. The van der Waals surface area contributed by atoms with Crippen LogP contribution >= 0.6 is 11.3 Å². The van der Waals surface area contributed by atoms with Crippen LogP contribution < -0.4 is 4.90 Å². The number of morpholine rings is 1. The minimum absolute atomic E-state index is 0.0358. The molecule has 1 fully saturated rings. The number of hydrogen-bond donors (Lipinski definition) is 1. The Bertz CT molecular complexity index is 906. The molecule has 31 heavy (non-hydrogen) atoms. The summed E-state index contributed by atoms with van der Waals surface area (Å²) in [5.74, 6) is -1.23. The van der Waals surface area contributed by atoms with Crippen LogP contribution in [-0.4, -0.2) is 71.4 Å². The minimum Gasteiger partial charge on any atom is -0.475 e. The SMILES string of the molecule is CCN(C)c1ccnc(C2COCCN2C(=O)c2sccc2C)n1.O=C(O)C(F)(F)F. The monoisotopic (exact) mass is 460 g/mol. The fraction of sp³-hybridized carbons (Fsp3) is 0.474. The number of rotatable bonds is 4. The number of ether oxygens (including phenoxy) is 1. The summed E-state index contributed by atoms with van der Waals surface area (Å²) in [7, 11) is 1.99. The number of aromatic nitrogens is 2. The van der Waals surface area contributed by atoms with Crippen LogP contribution in [0.3, 0.4) is 0 Å². The highest BCUT2D eigenvalue weighted by Gasteiger charge is 2.38. The molecule has 1 amide bonds. The van der Waals surface area contributed by atoms with Crippen molar-refractivity contribution in [3.8, 4) is 0 Å². The molecule has 170 valence electrons. The van der Waals surface area contributed by atoms with Gasteiger partial charge in [-0.3, -0.25) is 4.79 Å². The van der Waals surface area contributed by atoms with Crippen LogP contribution in [0.1, 0.15) is 34.0 Å². The van der Waals surface area contributed by atoms with Gasteiger partial charge in [-0.1, -0.05) is 0 Å². The second-order valence-corrected chi connectivity index (χ2v) is 7.53. The molecule has 3 rings (SSSR count). The van der Waals surface area contributed by atoms with Crippen molar-refractivity contribution in [2.24, 2.45) is 0 Å². The normalized spacial score (nSPS) is 16.3. The molecular formula is C19H23F3N4O4S. The van der Waals surface area contributed by atoms with Gasteiger partial charge in [0, 0.05) is 26.3 Å². The Hall–Kier alpha value is -2.73. The third-order valence-corrected chi connectivity index (χ3v) is 5.52. The summed E-state index contributed by atoms with van der Waals surface area (Å²) in [4.78, 5) is 35.6. The molecule has 0 bridgehead atoms. The van der Waals surface area contributed by atoms with Crippen molar-refractivity contribution in [2.75, 3.05) is 38.3 Å². The number of anilines is 1. The highest BCUT2D eigenvalue weighted by Crippen LogP contribution is 2.27. The van der Waals surface area contributed by atoms with Gasteiger partial charge in [-0.15, -0.1) is 11.3 Å². The first kappa shape index (κ1) is 24.5. The van der Waals surface area contributed by atoms with Crippen molar-refractivity contribution in [1.82, 2.24) is 14.9 Å². The summed E-state index contributed by atoms with van der Waals surface area (Å²) in [6.07, 6.45) is -3.34. The van der Waals surface area contributed by atoms with Gasteiger partial charge < -0.3 is 19.6 Å². The quantitative estimate of drug-likeness (QED) is 0.749. The molecule has 1 N–H and O–H groups in total. The van der Waals surface area contributed by atoms with Crippen molar-refractivity contribution in [3.05, 3.63) is 40.0 Å². The van der Waals surface area contributed by atoms with Crippen LogP contribution in [0.5, 0.6) is 0 Å². The molecule has 1 atom stereocenters. The third-order valence-electron chi connectivity index (χ3n) is 4.51. The van der Waals surface area contributed by atoms with Crippen LogP contribution in [-0.2, 0) is 9.53 Å². The van der Waals surface area contributed by atoms with E-state index < -0.39 is 12.1 Å². The van der Waals surface area contributed by atoms with Gasteiger partial charge in [0.05, 0.1) is 18.1 Å². The van der Waals surface area contributed by atoms with E-state index in [0.29, 0.717) is 25.6 Å². The van der Waals surface area contributed by atoms with Gasteiger partial charge in [0.2, 0.25) is 0 Å². The Morgan fingerprint density at radius 3 is 2.61 bits per heavy atom. The largest absolute Gasteiger partial charge is 0.490 e. The molecule has 1 unspecified atom stereocenters. The number of hydrogen-bond acceptors (Lipinski definition) is 7. The number of carboxylic acid groups (broad SMARTS) is 1. The number of carbonyl (C=O) groups is 2. The fourth-order valence-electron chi connectivity index (χ4n) is 2.68. The predicted octanol–water partition coefficient (Wildman–Crippen LogP) is 3.15. The van der Waals surface area contributed by atoms with Crippen molar-refractivity contribution in [2.45, 2.75) is 26.1 Å². The van der Waals surface area contributed by atoms with Gasteiger partial charge in [0.1, 0.15) is 11.9 Å². The van der Waals surface area contributed by atoms with Gasteiger partial charge in [-0.25, -0.2) is 14.8 Å². The first-order chi connectivity index (χ1) is 14.6. The number of aliphatic carboxylic acids is 1. The van der Waals surface area contributed by atoms with E-state index in [1.165, 1.54) is 11.3 Å². The van der Waals surface area contributed by atoms with Crippen molar-refractivity contribution in [3.63, 3.8) is 0 Å². The van der Waals surface area contributed by atoms with Gasteiger partial charge in [0.25, 0.3) is 5.91 Å². The zero-order chi connectivity index (χ0) is 23.2. The molecule has 1 aliphatic rings. The van der Waals surface area contributed by atoms with E-state index in [2.05, 4.69) is 16.9 Å². The lowest BCUT2D eigenvalue weighted by molar-refractivity contribution is -0.192. The standard InChI is InChI=1S/C17H22N4O2S.C2HF3O2/c1-4-20(3)14-5-7-18-16(19-14)13-11-23-9-8-21(13)17(22)15-12(2)6-10-24-15;3-2(4,5)1(6)7/h5-7,10,13H,4,8-9,11H2,1-3H3;(H,6,7). The smallest absolute Gasteiger partial charge is 0.475 e. The zero-order valence-electron chi connectivity index (χ0n) is 17.2. The van der Waals surface area contributed by atoms with Crippen molar-refractivity contribution >= 4 is 29.0 Å². The van der Waals surface area contributed by atoms with Crippen LogP contribution in [0.15, 0.2) is 23.7 Å². The van der Waals surface area contributed by atoms with E-state index in [9.17, 15) is 18.0 Å². The highest BCUT2D eigenvalue weighted by molar-refractivity contribution is 7.12. The van der Waals surface area contributed by atoms with E-state index >= 15 is 0 Å². The van der Waals surface area contributed by atoms with E-state index in [0.717, 1.165) is 22.8 Å². The van der Waals surface area contributed by atoms with Gasteiger partial charge >= 0.3 is 12.1 Å². The molecule has 1 aliphatic heterocycles. The zero-order valence-corrected chi connectivity index (χ0v) is 18.0. The summed E-state index contributed by atoms with van der Waals surface area (Å²) in [6, 6.07) is 3.60. The molecule has 0 aromatic carbocycles. The Balaban J connectivity index is 0.000000423. The lowest BCUT2D eigenvalue weighted by Gasteiger charge is -2.34. The summed E-state index contributed by atoms with van der Waals surface area (Å²) in [5, 5.41) is 9.07. The topological polar surface area (TPSA) is 95.9 Å². The van der Waals surface area contributed by atoms with Crippen LogP contribution in [0.25, 0.3) is 0 Å². The number of alkyl halides is 3. The minimum atomic E-state index is -5.08. The maximum Gasteiger partial charge on any atom is 0.490 e. The van der Waals surface area contributed by atoms with E-state index in [4.69, 9.17) is 14.6 Å². The summed E-state index contributed by atoms with van der Waals surface area (Å²) < 4.78 is 37.3. The maximum absolute atomic E-state index is 13.0. The maximum atomic E-state index is 13.0. The van der Waals surface area contributed by atoms with Crippen LogP contribution in [0.4, 0.5) is 19.0 Å².